The fourth-order valence-electron chi connectivity index (χ4n) is 8.40. The normalized spacial score (nSPS) is 24.0. The number of carbonyl (C=O) groups is 4. The van der Waals surface area contributed by atoms with Crippen LogP contribution in [0.3, 0.4) is 0 Å². The van der Waals surface area contributed by atoms with Crippen molar-refractivity contribution < 1.29 is 38.6 Å². The summed E-state index contributed by atoms with van der Waals surface area (Å²) < 4.78 is 18.0. The van der Waals surface area contributed by atoms with Crippen LogP contribution in [0.15, 0.2) is 48.5 Å². The first-order valence-electron chi connectivity index (χ1n) is 17.8. The Bertz CT molecular complexity index is 1630. The maximum atomic E-state index is 14.5. The number of amides is 4. The van der Waals surface area contributed by atoms with Gasteiger partial charge in [0.05, 0.1) is 46.0 Å². The topological polar surface area (TPSA) is 147 Å². The van der Waals surface area contributed by atoms with E-state index in [1.54, 1.807) is 22.4 Å². The van der Waals surface area contributed by atoms with E-state index < -0.39 is 31.8 Å². The van der Waals surface area contributed by atoms with Gasteiger partial charge in [-0.15, -0.1) is 6.42 Å². The molecule has 1 spiro atoms. The number of fused-ring (bicyclic) bond motifs is 2. The molecule has 2 aromatic rings. The van der Waals surface area contributed by atoms with Gasteiger partial charge >= 0.3 is 6.09 Å². The Morgan fingerprint density at radius 3 is 2.57 bits per heavy atom. The lowest BCUT2D eigenvalue weighted by molar-refractivity contribution is -0.149. The lowest BCUT2D eigenvalue weighted by Gasteiger charge is -2.37. The number of hydrogen-bond donors (Lipinski definition) is 3. The first-order valence-corrected chi connectivity index (χ1v) is 20.9. The van der Waals surface area contributed by atoms with Gasteiger partial charge in [0.1, 0.15) is 12.4 Å². The Hall–Kier alpha value is -4.38. The highest BCUT2D eigenvalue weighted by Gasteiger charge is 2.66. The van der Waals surface area contributed by atoms with E-state index in [4.69, 9.17) is 25.8 Å². The molecule has 5 rings (SSSR count). The van der Waals surface area contributed by atoms with Gasteiger partial charge in [0.2, 0.25) is 11.8 Å². The molecule has 0 radical (unpaired) electrons. The van der Waals surface area contributed by atoms with Crippen LogP contribution in [0.2, 0.25) is 18.6 Å². The van der Waals surface area contributed by atoms with E-state index in [9.17, 15) is 19.2 Å². The number of terminal acetylenes is 1. The van der Waals surface area contributed by atoms with Gasteiger partial charge in [0, 0.05) is 31.0 Å². The SMILES string of the molecule is C#CCN1C(=O)[C@]2(O[C@@H](CC(=O)N3CCC[C@H]3COC(=O)NCCCCCC(=O)NO)[C@H]([Si](C)(C)c3ccc(OC)cc3)[C@H]2C)c2ccccc21. The minimum Gasteiger partial charge on any atom is -0.497 e. The van der Waals surface area contributed by atoms with Gasteiger partial charge in [-0.2, -0.15) is 0 Å². The number of anilines is 1. The predicted octanol–water partition coefficient (Wildman–Crippen LogP) is 4.06. The summed E-state index contributed by atoms with van der Waals surface area (Å²) in [5.74, 6) is 2.41. The Morgan fingerprint density at radius 2 is 1.86 bits per heavy atom. The average molecular weight is 719 g/mol. The Kier molecular flexibility index (Phi) is 12.1. The molecular formula is C38H50N4O8Si. The molecule has 4 amide bonds. The molecule has 3 aliphatic heterocycles. The average Bonchev–Trinajstić information content (AvgIpc) is 3.79. The Balaban J connectivity index is 1.32. The highest BCUT2D eigenvalue weighted by atomic mass is 28.3. The molecule has 12 nitrogen and oxygen atoms in total. The molecule has 0 aliphatic carbocycles. The van der Waals surface area contributed by atoms with E-state index in [2.05, 4.69) is 43.4 Å². The molecule has 0 unspecified atom stereocenters. The number of rotatable bonds is 14. The molecule has 2 fully saturated rings. The molecule has 13 heteroatoms. The molecule has 3 N–H and O–H groups in total. The number of hydrogen-bond acceptors (Lipinski definition) is 8. The van der Waals surface area contributed by atoms with E-state index in [0.717, 1.165) is 23.4 Å². The van der Waals surface area contributed by atoms with Crippen molar-refractivity contribution in [1.29, 1.82) is 0 Å². The van der Waals surface area contributed by atoms with Crippen LogP contribution in [0.1, 0.15) is 57.4 Å². The number of ether oxygens (including phenoxy) is 3. The van der Waals surface area contributed by atoms with Crippen LogP contribution in [-0.4, -0.2) is 87.5 Å². The molecule has 2 saturated heterocycles. The van der Waals surface area contributed by atoms with Gasteiger partial charge in [-0.05, 0) is 49.4 Å². The second-order valence-corrected chi connectivity index (χ2v) is 18.9. The molecule has 3 aliphatic rings. The molecule has 2 aromatic carbocycles. The summed E-state index contributed by atoms with van der Waals surface area (Å²) in [6.45, 7) is 7.76. The van der Waals surface area contributed by atoms with Crippen LogP contribution in [0.5, 0.6) is 5.75 Å². The molecule has 51 heavy (non-hydrogen) atoms. The van der Waals surface area contributed by atoms with E-state index in [-0.39, 0.29) is 55.3 Å². The van der Waals surface area contributed by atoms with Gasteiger partial charge in [0.15, 0.2) is 5.60 Å². The summed E-state index contributed by atoms with van der Waals surface area (Å²) in [6.07, 6.45) is 8.39. The number of nitrogens with one attached hydrogen (secondary N) is 2. The molecule has 0 bridgehead atoms. The predicted molar refractivity (Wildman–Crippen MR) is 194 cm³/mol. The second kappa shape index (κ2) is 16.3. The fourth-order valence-corrected chi connectivity index (χ4v) is 12.4. The highest BCUT2D eigenvalue weighted by Crippen LogP contribution is 2.59. The third kappa shape index (κ3) is 7.63. The first-order chi connectivity index (χ1) is 24.5. The number of para-hydroxylation sites is 1. The van der Waals surface area contributed by atoms with Crippen molar-refractivity contribution in [2.75, 3.05) is 38.3 Å². The van der Waals surface area contributed by atoms with Crippen molar-refractivity contribution >= 4 is 42.8 Å². The molecule has 3 heterocycles. The van der Waals surface area contributed by atoms with Crippen molar-refractivity contribution in [3.63, 3.8) is 0 Å². The standard InChI is InChI=1S/C38H50N4O8Si/c1-6-22-42-31-15-10-9-14-30(31)38(36(42)45)26(2)35(51(4,5)29-19-17-28(48-3)18-20-29)32(50-38)24-34(44)41-23-12-13-27(41)25-49-37(46)39-21-11-7-8-16-33(43)40-47/h1,9-10,14-15,17-20,26-27,32,35,47H,7-8,11-13,16,21-25H2,2-5H3,(H,39,46)(H,40,43)/t26-,27+,32+,35-,38-/m1/s1. The minimum atomic E-state index is -2.45. The van der Waals surface area contributed by atoms with Crippen molar-refractivity contribution in [2.24, 2.45) is 5.92 Å². The van der Waals surface area contributed by atoms with Crippen LogP contribution in [0.4, 0.5) is 10.5 Å². The molecule has 0 saturated carbocycles. The number of nitrogens with zero attached hydrogens (tertiary/aromatic N) is 2. The van der Waals surface area contributed by atoms with Gasteiger partial charge in [-0.25, -0.2) is 10.3 Å². The largest absolute Gasteiger partial charge is 0.497 e. The zero-order chi connectivity index (χ0) is 36.8. The van der Waals surface area contributed by atoms with Crippen molar-refractivity contribution in [3.8, 4) is 18.1 Å². The Labute approximate surface area is 301 Å². The molecule has 5 atom stereocenters. The van der Waals surface area contributed by atoms with Gasteiger partial charge < -0.3 is 24.4 Å². The van der Waals surface area contributed by atoms with E-state index in [1.165, 1.54) is 5.19 Å². The Morgan fingerprint density at radius 1 is 1.12 bits per heavy atom. The number of alkyl carbamates (subject to hydrolysis) is 1. The quantitative estimate of drug-likeness (QED) is 0.0872. The third-order valence-electron chi connectivity index (χ3n) is 10.9. The smallest absolute Gasteiger partial charge is 0.407 e. The summed E-state index contributed by atoms with van der Waals surface area (Å²) in [5, 5.41) is 12.5. The zero-order valence-electron chi connectivity index (χ0n) is 30.0. The summed E-state index contributed by atoms with van der Waals surface area (Å²) in [5.41, 5.74) is 1.74. The summed E-state index contributed by atoms with van der Waals surface area (Å²) in [7, 11) is -0.811. The lowest BCUT2D eigenvalue weighted by Crippen LogP contribution is -2.52. The first kappa shape index (κ1) is 37.9. The minimum absolute atomic E-state index is 0.0720. The second-order valence-electron chi connectivity index (χ2n) is 14.2. The van der Waals surface area contributed by atoms with Gasteiger partial charge in [0.25, 0.3) is 5.91 Å². The summed E-state index contributed by atoms with van der Waals surface area (Å²) in [4.78, 5) is 55.7. The van der Waals surface area contributed by atoms with Crippen LogP contribution >= 0.6 is 0 Å². The van der Waals surface area contributed by atoms with E-state index in [0.29, 0.717) is 38.8 Å². The van der Waals surface area contributed by atoms with Crippen LogP contribution < -0.4 is 25.6 Å². The number of unbranched alkanes of at least 4 members (excludes halogenated alkanes) is 2. The monoisotopic (exact) mass is 718 g/mol. The van der Waals surface area contributed by atoms with E-state index >= 15 is 0 Å². The number of methoxy groups -OCH3 is 1. The number of benzene rings is 2. The van der Waals surface area contributed by atoms with Crippen LogP contribution in [0, 0.1) is 18.3 Å². The van der Waals surface area contributed by atoms with Crippen LogP contribution in [-0.2, 0) is 29.5 Å². The van der Waals surface area contributed by atoms with Gasteiger partial charge in [-0.3, -0.25) is 24.5 Å². The number of carbonyl (C=O) groups excluding carboxylic acids is 4. The van der Waals surface area contributed by atoms with Crippen molar-refractivity contribution in [3.05, 3.63) is 54.1 Å². The van der Waals surface area contributed by atoms with Crippen LogP contribution in [0.25, 0.3) is 0 Å². The maximum absolute atomic E-state index is 14.5. The maximum Gasteiger partial charge on any atom is 0.407 e. The molecular weight excluding hydrogens is 669 g/mol. The number of likely N-dealkylation sites (tertiary alicyclic amines) is 1. The zero-order valence-corrected chi connectivity index (χ0v) is 31.0. The summed E-state index contributed by atoms with van der Waals surface area (Å²) >= 11 is 0. The summed E-state index contributed by atoms with van der Waals surface area (Å²) in [6, 6.07) is 15.5. The van der Waals surface area contributed by atoms with E-state index in [1.807, 2.05) is 36.4 Å². The van der Waals surface area contributed by atoms with Gasteiger partial charge in [-0.1, -0.05) is 67.9 Å². The highest BCUT2D eigenvalue weighted by molar-refractivity contribution is 6.91. The van der Waals surface area contributed by atoms with Crippen molar-refractivity contribution in [1.82, 2.24) is 15.7 Å². The lowest BCUT2D eigenvalue weighted by atomic mass is 9.82. The third-order valence-corrected chi connectivity index (χ3v) is 15.3. The fraction of sp³-hybridized carbons (Fsp3) is 0.526. The number of hydroxylamine groups is 1. The van der Waals surface area contributed by atoms with Crippen molar-refractivity contribution in [2.45, 2.75) is 88.3 Å². The molecule has 0 aromatic heterocycles. The molecule has 274 valence electrons.